The molecule has 2 rings (SSSR count). The summed E-state index contributed by atoms with van der Waals surface area (Å²) in [6.07, 6.45) is 0.358. The van der Waals surface area contributed by atoms with Crippen molar-refractivity contribution >= 4 is 33.2 Å². The summed E-state index contributed by atoms with van der Waals surface area (Å²) in [5.74, 6) is -1.50. The second kappa shape index (κ2) is 7.34. The van der Waals surface area contributed by atoms with E-state index < -0.39 is 28.6 Å². The van der Waals surface area contributed by atoms with Gasteiger partial charge in [-0.25, -0.2) is 13.4 Å². The third-order valence-corrected chi connectivity index (χ3v) is 5.07. The summed E-state index contributed by atoms with van der Waals surface area (Å²) in [5, 5.41) is 10.5. The molecule has 128 valence electrons. The fourth-order valence-electron chi connectivity index (χ4n) is 2.19. The van der Waals surface area contributed by atoms with E-state index in [0.717, 1.165) is 10.6 Å². The summed E-state index contributed by atoms with van der Waals surface area (Å²) >= 11 is 1.31. The molecule has 1 N–H and O–H groups in total. The third kappa shape index (κ3) is 4.96. The van der Waals surface area contributed by atoms with Crippen molar-refractivity contribution in [3.05, 3.63) is 16.6 Å². The number of carboxylic acid groups (broad SMARTS) is 1. The van der Waals surface area contributed by atoms with E-state index in [9.17, 15) is 18.0 Å². The average Bonchev–Trinajstić information content (AvgIpc) is 2.99. The van der Waals surface area contributed by atoms with E-state index in [0.29, 0.717) is 12.2 Å². The van der Waals surface area contributed by atoms with Gasteiger partial charge < -0.3 is 14.7 Å². The van der Waals surface area contributed by atoms with Crippen LogP contribution in [0.1, 0.15) is 10.5 Å². The molecule has 0 radical (unpaired) electrons. The number of amides is 1. The van der Waals surface area contributed by atoms with Gasteiger partial charge in [0, 0.05) is 25.0 Å². The summed E-state index contributed by atoms with van der Waals surface area (Å²) in [4.78, 5) is 28.6. The number of ether oxygens (including phenoxy) is 1. The first-order valence-electron chi connectivity index (χ1n) is 6.73. The minimum atomic E-state index is -3.68. The number of carbonyl (C=O) groups excluding carboxylic acids is 1. The van der Waals surface area contributed by atoms with E-state index in [1.54, 1.807) is 10.9 Å². The Bertz CT molecular complexity index is 660. The molecule has 1 aliphatic heterocycles. The molecule has 11 heteroatoms. The van der Waals surface area contributed by atoms with Gasteiger partial charge in [0.2, 0.25) is 10.0 Å². The van der Waals surface area contributed by atoms with Gasteiger partial charge in [0.1, 0.15) is 12.2 Å². The standard InChI is InChI=1S/C12H17N3O6S2/c1-23(19,20)15(6-11(16)17)5-9-4-14(2-3-21-9)12(18)10-7-22-8-13-10/h7-9H,2-6H2,1H3,(H,16,17)/t9-/m0/s1. The number of aromatic nitrogens is 1. The number of sulfonamides is 1. The summed E-state index contributed by atoms with van der Waals surface area (Å²) < 4.78 is 29.6. The highest BCUT2D eigenvalue weighted by Gasteiger charge is 2.30. The molecule has 0 spiro atoms. The van der Waals surface area contributed by atoms with Crippen LogP contribution in [0.3, 0.4) is 0 Å². The number of carboxylic acids is 1. The maximum atomic E-state index is 12.3. The molecule has 0 unspecified atom stereocenters. The van der Waals surface area contributed by atoms with Crippen LogP contribution in [-0.4, -0.2) is 84.7 Å². The van der Waals surface area contributed by atoms with E-state index in [2.05, 4.69) is 4.98 Å². The first kappa shape index (κ1) is 17.8. The van der Waals surface area contributed by atoms with Gasteiger partial charge in [-0.1, -0.05) is 0 Å². The number of aliphatic carboxylic acids is 1. The van der Waals surface area contributed by atoms with E-state index in [1.165, 1.54) is 16.2 Å². The van der Waals surface area contributed by atoms with Gasteiger partial charge in [-0.2, -0.15) is 4.31 Å². The van der Waals surface area contributed by atoms with E-state index >= 15 is 0 Å². The van der Waals surface area contributed by atoms with Crippen LogP contribution in [0.25, 0.3) is 0 Å². The summed E-state index contributed by atoms with van der Waals surface area (Å²) in [7, 11) is -3.68. The molecule has 0 aliphatic carbocycles. The largest absolute Gasteiger partial charge is 0.480 e. The summed E-state index contributed by atoms with van der Waals surface area (Å²) in [6, 6.07) is 0. The predicted molar refractivity (Wildman–Crippen MR) is 81.8 cm³/mol. The molecular weight excluding hydrogens is 346 g/mol. The fourth-order valence-corrected chi connectivity index (χ4v) is 3.50. The van der Waals surface area contributed by atoms with Crippen LogP contribution < -0.4 is 0 Å². The molecule has 1 amide bonds. The third-order valence-electron chi connectivity index (χ3n) is 3.27. The lowest BCUT2D eigenvalue weighted by Crippen LogP contribution is -2.51. The van der Waals surface area contributed by atoms with Gasteiger partial charge in [0.25, 0.3) is 5.91 Å². The van der Waals surface area contributed by atoms with Crippen LogP contribution in [-0.2, 0) is 19.6 Å². The minimum Gasteiger partial charge on any atom is -0.480 e. The number of thiazole rings is 1. The zero-order chi connectivity index (χ0) is 17.0. The van der Waals surface area contributed by atoms with E-state index in [1.807, 2.05) is 0 Å². The van der Waals surface area contributed by atoms with Gasteiger partial charge >= 0.3 is 5.97 Å². The van der Waals surface area contributed by atoms with Crippen molar-refractivity contribution in [3.8, 4) is 0 Å². The number of carbonyl (C=O) groups is 2. The maximum Gasteiger partial charge on any atom is 0.318 e. The molecule has 0 bridgehead atoms. The minimum absolute atomic E-state index is 0.119. The lowest BCUT2D eigenvalue weighted by molar-refractivity contribution is -0.137. The first-order chi connectivity index (χ1) is 10.8. The number of hydrogen-bond acceptors (Lipinski definition) is 7. The van der Waals surface area contributed by atoms with Crippen molar-refractivity contribution in [2.45, 2.75) is 6.10 Å². The Morgan fingerprint density at radius 1 is 1.57 bits per heavy atom. The fraction of sp³-hybridized carbons (Fsp3) is 0.583. The molecule has 1 aliphatic rings. The number of morpholine rings is 1. The molecule has 23 heavy (non-hydrogen) atoms. The van der Waals surface area contributed by atoms with E-state index in [-0.39, 0.29) is 25.6 Å². The number of nitrogens with zero attached hydrogens (tertiary/aromatic N) is 3. The molecule has 1 aromatic rings. The van der Waals surface area contributed by atoms with Crippen molar-refractivity contribution in [2.75, 3.05) is 39.0 Å². The molecular formula is C12H17N3O6S2. The molecule has 1 saturated heterocycles. The Morgan fingerprint density at radius 2 is 2.30 bits per heavy atom. The molecule has 0 saturated carbocycles. The lowest BCUT2D eigenvalue weighted by Gasteiger charge is -2.34. The topological polar surface area (TPSA) is 117 Å². The highest BCUT2D eigenvalue weighted by molar-refractivity contribution is 7.88. The van der Waals surface area contributed by atoms with Crippen LogP contribution in [0.4, 0.5) is 0 Å². The van der Waals surface area contributed by atoms with Crippen LogP contribution >= 0.6 is 11.3 Å². The van der Waals surface area contributed by atoms with Gasteiger partial charge in [-0.3, -0.25) is 9.59 Å². The second-order valence-electron chi connectivity index (χ2n) is 5.07. The van der Waals surface area contributed by atoms with Gasteiger partial charge in [0.15, 0.2) is 0 Å². The van der Waals surface area contributed by atoms with Crippen molar-refractivity contribution in [1.29, 1.82) is 0 Å². The number of rotatable bonds is 6. The van der Waals surface area contributed by atoms with Crippen molar-refractivity contribution in [1.82, 2.24) is 14.2 Å². The Hall–Kier alpha value is -1.56. The zero-order valence-electron chi connectivity index (χ0n) is 12.4. The van der Waals surface area contributed by atoms with Crippen molar-refractivity contribution in [3.63, 3.8) is 0 Å². The average molecular weight is 363 g/mol. The number of hydrogen-bond donors (Lipinski definition) is 1. The van der Waals surface area contributed by atoms with Gasteiger partial charge in [-0.05, 0) is 0 Å². The Morgan fingerprint density at radius 3 is 2.87 bits per heavy atom. The summed E-state index contributed by atoms with van der Waals surface area (Å²) in [6.45, 7) is 0.0581. The van der Waals surface area contributed by atoms with Gasteiger partial charge in [-0.15, -0.1) is 11.3 Å². The van der Waals surface area contributed by atoms with Crippen molar-refractivity contribution in [2.24, 2.45) is 0 Å². The maximum absolute atomic E-state index is 12.3. The zero-order valence-corrected chi connectivity index (χ0v) is 14.0. The van der Waals surface area contributed by atoms with Gasteiger partial charge in [0.05, 0.1) is 24.5 Å². The second-order valence-corrected chi connectivity index (χ2v) is 7.77. The lowest BCUT2D eigenvalue weighted by atomic mass is 10.2. The molecule has 0 aromatic carbocycles. The highest BCUT2D eigenvalue weighted by Crippen LogP contribution is 2.13. The normalized spacial score (nSPS) is 19.0. The van der Waals surface area contributed by atoms with Crippen molar-refractivity contribution < 1.29 is 27.9 Å². The highest BCUT2D eigenvalue weighted by atomic mass is 32.2. The Balaban J connectivity index is 2.02. The first-order valence-corrected chi connectivity index (χ1v) is 9.52. The monoisotopic (exact) mass is 363 g/mol. The molecule has 1 fully saturated rings. The smallest absolute Gasteiger partial charge is 0.318 e. The molecule has 2 heterocycles. The van der Waals surface area contributed by atoms with Crippen LogP contribution in [0.5, 0.6) is 0 Å². The SMILES string of the molecule is CS(=O)(=O)N(CC(=O)O)C[C@@H]1CN(C(=O)c2cscn2)CCO1. The Labute approximate surface area is 137 Å². The molecule has 9 nitrogen and oxygen atoms in total. The Kier molecular flexibility index (Phi) is 5.68. The van der Waals surface area contributed by atoms with Crippen LogP contribution in [0.15, 0.2) is 10.9 Å². The van der Waals surface area contributed by atoms with Crippen LogP contribution in [0.2, 0.25) is 0 Å². The van der Waals surface area contributed by atoms with E-state index in [4.69, 9.17) is 9.84 Å². The molecule has 1 aromatic heterocycles. The quantitative estimate of drug-likeness (QED) is 0.712. The summed E-state index contributed by atoms with van der Waals surface area (Å²) in [5.41, 5.74) is 1.89. The van der Waals surface area contributed by atoms with Crippen LogP contribution in [0, 0.1) is 0 Å². The predicted octanol–water partition coefficient (Wildman–Crippen LogP) is -0.670. The molecule has 1 atom stereocenters.